The third-order valence-corrected chi connectivity index (χ3v) is 5.31. The first-order valence-corrected chi connectivity index (χ1v) is 8.08. The van der Waals surface area contributed by atoms with Crippen LogP contribution in [0.25, 0.3) is 21.5 Å². The molecule has 1 aromatic carbocycles. The van der Waals surface area contributed by atoms with Crippen LogP contribution in [0.1, 0.15) is 23.3 Å². The third-order valence-electron chi connectivity index (χ3n) is 4.11. The van der Waals surface area contributed by atoms with Crippen LogP contribution in [-0.2, 0) is 12.8 Å². The van der Waals surface area contributed by atoms with E-state index >= 15 is 0 Å². The summed E-state index contributed by atoms with van der Waals surface area (Å²) in [4.78, 5) is 11.7. The number of benzene rings is 1. The molecule has 4 rings (SSSR count). The Labute approximate surface area is 127 Å². The molecule has 2 heterocycles. The number of fused-ring (bicyclic) bond motifs is 3. The lowest BCUT2D eigenvalue weighted by Crippen LogP contribution is -1.99. The Bertz CT molecular complexity index is 792. The number of thiophene rings is 1. The van der Waals surface area contributed by atoms with Crippen molar-refractivity contribution < 1.29 is 4.74 Å². The Hall–Kier alpha value is -1.94. The van der Waals surface area contributed by atoms with Gasteiger partial charge in [-0.05, 0) is 55.5 Å². The summed E-state index contributed by atoms with van der Waals surface area (Å²) in [5, 5.41) is 1.27. The van der Waals surface area contributed by atoms with Crippen molar-refractivity contribution in [3.05, 3.63) is 41.0 Å². The van der Waals surface area contributed by atoms with Crippen molar-refractivity contribution >= 4 is 21.6 Å². The van der Waals surface area contributed by atoms with E-state index in [1.165, 1.54) is 35.1 Å². The van der Waals surface area contributed by atoms with E-state index in [9.17, 15) is 0 Å². The normalized spacial score (nSPS) is 14.1. The first kappa shape index (κ1) is 12.8. The van der Waals surface area contributed by atoms with Crippen molar-refractivity contribution in [3.63, 3.8) is 0 Å². The van der Waals surface area contributed by atoms with E-state index in [-0.39, 0.29) is 0 Å². The Kier molecular flexibility index (Phi) is 3.11. The summed E-state index contributed by atoms with van der Waals surface area (Å²) in [7, 11) is 1.69. The largest absolute Gasteiger partial charge is 0.497 e. The van der Waals surface area contributed by atoms with E-state index in [0.717, 1.165) is 28.3 Å². The SMILES string of the molecule is COc1ccc(-c2ncnc3sc4c(c23)CCCC4)cc1. The van der Waals surface area contributed by atoms with Gasteiger partial charge in [-0.25, -0.2) is 9.97 Å². The number of rotatable bonds is 2. The highest BCUT2D eigenvalue weighted by Crippen LogP contribution is 2.39. The third kappa shape index (κ3) is 2.10. The topological polar surface area (TPSA) is 35.0 Å². The summed E-state index contributed by atoms with van der Waals surface area (Å²) in [5.41, 5.74) is 3.67. The van der Waals surface area contributed by atoms with Crippen molar-refractivity contribution in [2.24, 2.45) is 0 Å². The van der Waals surface area contributed by atoms with Crippen LogP contribution in [0.3, 0.4) is 0 Å². The molecule has 3 nitrogen and oxygen atoms in total. The van der Waals surface area contributed by atoms with Gasteiger partial charge in [0.15, 0.2) is 0 Å². The number of nitrogens with zero attached hydrogens (tertiary/aromatic N) is 2. The average molecular weight is 296 g/mol. The van der Waals surface area contributed by atoms with E-state index in [4.69, 9.17) is 4.74 Å². The Balaban J connectivity index is 1.93. The van der Waals surface area contributed by atoms with Gasteiger partial charge < -0.3 is 4.74 Å². The predicted octanol–water partition coefficient (Wildman–Crippen LogP) is 4.25. The zero-order valence-electron chi connectivity index (χ0n) is 11.9. The molecule has 0 unspecified atom stereocenters. The lowest BCUT2D eigenvalue weighted by Gasteiger charge is -2.11. The first-order valence-electron chi connectivity index (χ1n) is 7.26. The molecule has 0 bridgehead atoms. The summed E-state index contributed by atoms with van der Waals surface area (Å²) in [6.45, 7) is 0. The smallest absolute Gasteiger partial charge is 0.127 e. The molecule has 21 heavy (non-hydrogen) atoms. The Morgan fingerprint density at radius 3 is 2.67 bits per heavy atom. The van der Waals surface area contributed by atoms with Crippen molar-refractivity contribution in [3.8, 4) is 17.0 Å². The zero-order chi connectivity index (χ0) is 14.2. The minimum atomic E-state index is 0.872. The number of methoxy groups -OCH3 is 1. The maximum Gasteiger partial charge on any atom is 0.127 e. The molecule has 3 aromatic rings. The van der Waals surface area contributed by atoms with Crippen LogP contribution in [0.2, 0.25) is 0 Å². The molecule has 0 N–H and O–H groups in total. The zero-order valence-corrected chi connectivity index (χ0v) is 12.7. The average Bonchev–Trinajstić information content (AvgIpc) is 2.93. The molecule has 0 amide bonds. The molecule has 0 fully saturated rings. The van der Waals surface area contributed by atoms with Crippen LogP contribution < -0.4 is 4.74 Å². The molecule has 1 aliphatic carbocycles. The fraction of sp³-hybridized carbons (Fsp3) is 0.294. The van der Waals surface area contributed by atoms with Crippen molar-refractivity contribution in [2.75, 3.05) is 7.11 Å². The maximum atomic E-state index is 5.24. The summed E-state index contributed by atoms with van der Waals surface area (Å²) in [5.74, 6) is 0.872. The van der Waals surface area contributed by atoms with Gasteiger partial charge in [0, 0.05) is 15.8 Å². The van der Waals surface area contributed by atoms with Crippen LogP contribution in [0.4, 0.5) is 0 Å². The molecule has 0 saturated heterocycles. The van der Waals surface area contributed by atoms with Crippen molar-refractivity contribution in [2.45, 2.75) is 25.7 Å². The highest BCUT2D eigenvalue weighted by atomic mass is 32.1. The van der Waals surface area contributed by atoms with Gasteiger partial charge in [-0.1, -0.05) is 0 Å². The molecule has 0 spiro atoms. The second-order valence-corrected chi connectivity index (χ2v) is 6.43. The maximum absolute atomic E-state index is 5.24. The highest BCUT2D eigenvalue weighted by molar-refractivity contribution is 7.18. The van der Waals surface area contributed by atoms with Crippen LogP contribution in [0.5, 0.6) is 5.75 Å². The fourth-order valence-electron chi connectivity index (χ4n) is 3.06. The summed E-state index contributed by atoms with van der Waals surface area (Å²) in [6, 6.07) is 8.13. The minimum absolute atomic E-state index is 0.872. The molecule has 106 valence electrons. The van der Waals surface area contributed by atoms with Crippen LogP contribution in [0, 0.1) is 0 Å². The van der Waals surface area contributed by atoms with Gasteiger partial charge in [-0.15, -0.1) is 11.3 Å². The standard InChI is InChI=1S/C17H16N2OS/c1-20-12-8-6-11(7-9-12)16-15-13-4-2-3-5-14(13)21-17(15)19-10-18-16/h6-10H,2-5H2,1H3. The van der Waals surface area contributed by atoms with E-state index < -0.39 is 0 Å². The predicted molar refractivity (Wildman–Crippen MR) is 86.0 cm³/mol. The van der Waals surface area contributed by atoms with Gasteiger partial charge in [0.2, 0.25) is 0 Å². The summed E-state index contributed by atoms with van der Waals surface area (Å²) >= 11 is 1.84. The van der Waals surface area contributed by atoms with E-state index in [0.29, 0.717) is 0 Å². The first-order chi connectivity index (χ1) is 10.4. The molecule has 0 aliphatic heterocycles. The number of hydrogen-bond acceptors (Lipinski definition) is 4. The van der Waals surface area contributed by atoms with Gasteiger partial charge in [-0.2, -0.15) is 0 Å². The Morgan fingerprint density at radius 1 is 1.05 bits per heavy atom. The molecule has 2 aromatic heterocycles. The van der Waals surface area contributed by atoms with Gasteiger partial charge in [0.25, 0.3) is 0 Å². The van der Waals surface area contributed by atoms with Crippen LogP contribution in [-0.4, -0.2) is 17.1 Å². The van der Waals surface area contributed by atoms with E-state index in [1.807, 2.05) is 23.5 Å². The van der Waals surface area contributed by atoms with E-state index in [2.05, 4.69) is 22.1 Å². The fourth-order valence-corrected chi connectivity index (χ4v) is 4.29. The highest BCUT2D eigenvalue weighted by Gasteiger charge is 2.20. The van der Waals surface area contributed by atoms with Crippen LogP contribution >= 0.6 is 11.3 Å². The molecule has 1 aliphatic rings. The second-order valence-electron chi connectivity index (χ2n) is 5.34. The van der Waals surface area contributed by atoms with Gasteiger partial charge in [-0.3, -0.25) is 0 Å². The lowest BCUT2D eigenvalue weighted by atomic mass is 9.95. The number of hydrogen-bond donors (Lipinski definition) is 0. The number of aromatic nitrogens is 2. The minimum Gasteiger partial charge on any atom is -0.497 e. The lowest BCUT2D eigenvalue weighted by molar-refractivity contribution is 0.415. The van der Waals surface area contributed by atoms with Gasteiger partial charge in [0.05, 0.1) is 12.8 Å². The number of ether oxygens (including phenoxy) is 1. The summed E-state index contributed by atoms with van der Waals surface area (Å²) in [6.07, 6.45) is 6.61. The molecular formula is C17H16N2OS. The van der Waals surface area contributed by atoms with Crippen molar-refractivity contribution in [1.82, 2.24) is 9.97 Å². The quantitative estimate of drug-likeness (QED) is 0.709. The molecule has 0 saturated carbocycles. The monoisotopic (exact) mass is 296 g/mol. The van der Waals surface area contributed by atoms with Crippen LogP contribution in [0.15, 0.2) is 30.6 Å². The molecule has 0 radical (unpaired) electrons. The van der Waals surface area contributed by atoms with Crippen molar-refractivity contribution in [1.29, 1.82) is 0 Å². The second kappa shape index (κ2) is 5.11. The van der Waals surface area contributed by atoms with Gasteiger partial charge in [0.1, 0.15) is 16.9 Å². The van der Waals surface area contributed by atoms with Gasteiger partial charge >= 0.3 is 0 Å². The number of aryl methyl sites for hydroxylation is 2. The molecular weight excluding hydrogens is 280 g/mol. The molecule has 0 atom stereocenters. The Morgan fingerprint density at radius 2 is 1.86 bits per heavy atom. The summed E-state index contributed by atoms with van der Waals surface area (Å²) < 4.78 is 5.24. The van der Waals surface area contributed by atoms with E-state index in [1.54, 1.807) is 13.4 Å². The molecule has 4 heteroatoms.